The van der Waals surface area contributed by atoms with Crippen molar-refractivity contribution in [1.29, 1.82) is 0 Å². The molecule has 4 heteroatoms. The maximum atomic E-state index is 10.6. The van der Waals surface area contributed by atoms with E-state index < -0.39 is 6.09 Å². The molecule has 2 aliphatic heterocycles. The second-order valence-electron chi connectivity index (χ2n) is 6.07. The Morgan fingerprint density at radius 1 is 1.20 bits per heavy atom. The highest BCUT2D eigenvalue weighted by atomic mass is 16.4. The summed E-state index contributed by atoms with van der Waals surface area (Å²) in [5, 5.41) is 11.3. The summed E-state index contributed by atoms with van der Waals surface area (Å²) in [5.41, 5.74) is 1.38. The van der Waals surface area contributed by atoms with Crippen LogP contribution in [0.15, 0.2) is 30.3 Å². The molecule has 4 nitrogen and oxygen atoms in total. The summed E-state index contributed by atoms with van der Waals surface area (Å²) in [7, 11) is 0. The van der Waals surface area contributed by atoms with Crippen molar-refractivity contribution in [3.8, 4) is 0 Å². The topological polar surface area (TPSA) is 52.6 Å². The Balaban J connectivity index is 1.59. The van der Waals surface area contributed by atoms with Crippen LogP contribution in [-0.4, -0.2) is 34.7 Å². The van der Waals surface area contributed by atoms with Gasteiger partial charge in [0.25, 0.3) is 0 Å². The molecule has 20 heavy (non-hydrogen) atoms. The van der Waals surface area contributed by atoms with Gasteiger partial charge in [-0.05, 0) is 37.2 Å². The van der Waals surface area contributed by atoms with Crippen molar-refractivity contribution in [2.45, 2.75) is 44.3 Å². The van der Waals surface area contributed by atoms with Gasteiger partial charge < -0.3 is 10.4 Å². The van der Waals surface area contributed by atoms with Crippen molar-refractivity contribution in [1.82, 2.24) is 10.2 Å². The van der Waals surface area contributed by atoms with Gasteiger partial charge in [-0.1, -0.05) is 30.3 Å². The molecule has 3 atom stereocenters. The summed E-state index contributed by atoms with van der Waals surface area (Å²) >= 11 is 0. The van der Waals surface area contributed by atoms with Crippen molar-refractivity contribution in [3.05, 3.63) is 35.9 Å². The molecule has 1 aromatic carbocycles. The Morgan fingerprint density at radius 3 is 2.45 bits per heavy atom. The van der Waals surface area contributed by atoms with Crippen LogP contribution in [-0.2, 0) is 6.54 Å². The molecule has 0 aromatic heterocycles. The number of fused-ring (bicyclic) bond motifs is 2. The SMILES string of the molecule is O=C(O)NC[C@@H]1C[C@H]2CC[C@@H](C1)N2Cc1ccccc1. The molecule has 2 N–H and O–H groups in total. The summed E-state index contributed by atoms with van der Waals surface area (Å²) in [4.78, 5) is 13.2. The first-order valence-corrected chi connectivity index (χ1v) is 7.49. The Bertz CT molecular complexity index is 449. The van der Waals surface area contributed by atoms with Crippen LogP contribution in [0.4, 0.5) is 4.79 Å². The molecule has 1 aromatic rings. The molecule has 0 radical (unpaired) electrons. The van der Waals surface area contributed by atoms with Gasteiger partial charge in [0.15, 0.2) is 0 Å². The third-order valence-electron chi connectivity index (χ3n) is 4.73. The molecular formula is C16H22N2O2. The first-order chi connectivity index (χ1) is 9.72. The highest BCUT2D eigenvalue weighted by Crippen LogP contribution is 2.39. The normalized spacial score (nSPS) is 29.3. The third-order valence-corrected chi connectivity index (χ3v) is 4.73. The summed E-state index contributed by atoms with van der Waals surface area (Å²) in [6.07, 6.45) is 3.89. The van der Waals surface area contributed by atoms with Crippen LogP contribution in [0.5, 0.6) is 0 Å². The van der Waals surface area contributed by atoms with Gasteiger partial charge in [0, 0.05) is 25.2 Å². The van der Waals surface area contributed by atoms with E-state index in [1.807, 2.05) is 0 Å². The second kappa shape index (κ2) is 5.83. The minimum atomic E-state index is -0.899. The van der Waals surface area contributed by atoms with Gasteiger partial charge in [0.1, 0.15) is 0 Å². The van der Waals surface area contributed by atoms with E-state index in [0.717, 1.165) is 19.4 Å². The minimum absolute atomic E-state index is 0.510. The number of nitrogens with zero attached hydrogens (tertiary/aromatic N) is 1. The molecule has 2 heterocycles. The van der Waals surface area contributed by atoms with E-state index in [9.17, 15) is 4.79 Å². The minimum Gasteiger partial charge on any atom is -0.465 e. The van der Waals surface area contributed by atoms with E-state index in [1.54, 1.807) is 0 Å². The lowest BCUT2D eigenvalue weighted by Crippen LogP contribution is -2.44. The van der Waals surface area contributed by atoms with Gasteiger partial charge in [-0.3, -0.25) is 4.90 Å². The van der Waals surface area contributed by atoms with Gasteiger partial charge in [-0.15, -0.1) is 0 Å². The standard InChI is InChI=1S/C16H22N2O2/c19-16(20)17-10-13-8-14-6-7-15(9-13)18(14)11-12-4-2-1-3-5-12/h1-5,13-15,17H,6-11H2,(H,19,20)/t13-,14-,15+. The number of carboxylic acid groups (broad SMARTS) is 1. The predicted octanol–water partition coefficient (Wildman–Crippen LogP) is 2.70. The van der Waals surface area contributed by atoms with E-state index in [4.69, 9.17) is 5.11 Å². The van der Waals surface area contributed by atoms with Crippen LogP contribution in [0, 0.1) is 5.92 Å². The number of hydrogen-bond acceptors (Lipinski definition) is 2. The Labute approximate surface area is 119 Å². The van der Waals surface area contributed by atoms with E-state index in [-0.39, 0.29) is 0 Å². The molecule has 2 aliphatic rings. The number of nitrogens with one attached hydrogen (secondary N) is 1. The van der Waals surface area contributed by atoms with Gasteiger partial charge in [0.05, 0.1) is 0 Å². The first kappa shape index (κ1) is 13.4. The average Bonchev–Trinajstić information content (AvgIpc) is 2.69. The average molecular weight is 274 g/mol. The lowest BCUT2D eigenvalue weighted by Gasteiger charge is -2.39. The molecule has 0 spiro atoms. The van der Waals surface area contributed by atoms with Gasteiger partial charge in [-0.25, -0.2) is 4.79 Å². The van der Waals surface area contributed by atoms with Crippen LogP contribution < -0.4 is 5.32 Å². The molecule has 1 amide bonds. The fourth-order valence-electron chi connectivity index (χ4n) is 3.84. The van der Waals surface area contributed by atoms with Crippen LogP contribution in [0.25, 0.3) is 0 Å². The molecule has 108 valence electrons. The van der Waals surface area contributed by atoms with Crippen LogP contribution in [0.2, 0.25) is 0 Å². The van der Waals surface area contributed by atoms with Gasteiger partial charge >= 0.3 is 6.09 Å². The number of benzene rings is 1. The lowest BCUT2D eigenvalue weighted by molar-refractivity contribution is 0.0950. The predicted molar refractivity (Wildman–Crippen MR) is 77.5 cm³/mol. The van der Waals surface area contributed by atoms with E-state index >= 15 is 0 Å². The number of hydrogen-bond donors (Lipinski definition) is 2. The van der Waals surface area contributed by atoms with E-state index in [2.05, 4.69) is 40.5 Å². The van der Waals surface area contributed by atoms with Crippen molar-refractivity contribution in [3.63, 3.8) is 0 Å². The maximum Gasteiger partial charge on any atom is 0.404 e. The molecular weight excluding hydrogens is 252 g/mol. The molecule has 3 rings (SSSR count). The van der Waals surface area contributed by atoms with Crippen molar-refractivity contribution >= 4 is 6.09 Å². The smallest absolute Gasteiger partial charge is 0.404 e. The zero-order valence-electron chi connectivity index (χ0n) is 11.7. The largest absolute Gasteiger partial charge is 0.465 e. The summed E-state index contributed by atoms with van der Waals surface area (Å²) in [6.45, 7) is 1.65. The molecule has 0 aliphatic carbocycles. The third kappa shape index (κ3) is 2.96. The Hall–Kier alpha value is -1.55. The van der Waals surface area contributed by atoms with Crippen LogP contribution >= 0.6 is 0 Å². The highest BCUT2D eigenvalue weighted by molar-refractivity contribution is 5.64. The van der Waals surface area contributed by atoms with Gasteiger partial charge in [-0.2, -0.15) is 0 Å². The molecule has 2 saturated heterocycles. The lowest BCUT2D eigenvalue weighted by atomic mass is 9.90. The first-order valence-electron chi connectivity index (χ1n) is 7.49. The number of carbonyl (C=O) groups is 1. The van der Waals surface area contributed by atoms with Crippen molar-refractivity contribution in [2.75, 3.05) is 6.54 Å². The Morgan fingerprint density at radius 2 is 1.85 bits per heavy atom. The van der Waals surface area contributed by atoms with Crippen LogP contribution in [0.3, 0.4) is 0 Å². The maximum absolute atomic E-state index is 10.6. The highest BCUT2D eigenvalue weighted by Gasteiger charge is 2.40. The van der Waals surface area contributed by atoms with Crippen molar-refractivity contribution < 1.29 is 9.90 Å². The van der Waals surface area contributed by atoms with E-state index in [1.165, 1.54) is 18.4 Å². The molecule has 0 unspecified atom stereocenters. The van der Waals surface area contributed by atoms with Crippen molar-refractivity contribution in [2.24, 2.45) is 5.92 Å². The molecule has 0 saturated carbocycles. The molecule has 2 bridgehead atoms. The second-order valence-corrected chi connectivity index (χ2v) is 6.07. The zero-order valence-corrected chi connectivity index (χ0v) is 11.7. The summed E-state index contributed by atoms with van der Waals surface area (Å²) in [5.74, 6) is 0.510. The zero-order chi connectivity index (χ0) is 13.9. The monoisotopic (exact) mass is 274 g/mol. The molecule has 2 fully saturated rings. The van der Waals surface area contributed by atoms with E-state index in [0.29, 0.717) is 24.5 Å². The fourth-order valence-corrected chi connectivity index (χ4v) is 3.84. The number of piperidine rings is 1. The summed E-state index contributed by atoms with van der Waals surface area (Å²) < 4.78 is 0. The quantitative estimate of drug-likeness (QED) is 0.887. The number of amides is 1. The fraction of sp³-hybridized carbons (Fsp3) is 0.562. The number of rotatable bonds is 4. The van der Waals surface area contributed by atoms with Crippen LogP contribution in [0.1, 0.15) is 31.2 Å². The summed E-state index contributed by atoms with van der Waals surface area (Å²) in [6, 6.07) is 11.9. The van der Waals surface area contributed by atoms with Gasteiger partial charge in [0.2, 0.25) is 0 Å². The Kier molecular flexibility index (Phi) is 3.92.